The summed E-state index contributed by atoms with van der Waals surface area (Å²) in [7, 11) is 0. The number of carbonyl (C=O) groups excluding carboxylic acids is 2. The van der Waals surface area contributed by atoms with Crippen LogP contribution in [0.3, 0.4) is 0 Å². The summed E-state index contributed by atoms with van der Waals surface area (Å²) in [6, 6.07) is 14.1. The van der Waals surface area contributed by atoms with E-state index in [0.717, 1.165) is 33.8 Å². The fraction of sp³-hybridized carbons (Fsp3) is 0.250. The van der Waals surface area contributed by atoms with Crippen molar-refractivity contribution in [1.82, 2.24) is 10.3 Å². The molecule has 0 bridgehead atoms. The number of amides is 2. The maximum Gasteiger partial charge on any atom is 0.226 e. The highest BCUT2D eigenvalue weighted by Crippen LogP contribution is 2.25. The monoisotopic (exact) mass is 367 g/mol. The van der Waals surface area contributed by atoms with E-state index in [4.69, 9.17) is 0 Å². The molecule has 0 aliphatic carbocycles. The molecule has 6 heteroatoms. The van der Waals surface area contributed by atoms with Crippen molar-refractivity contribution in [2.75, 3.05) is 11.9 Å². The van der Waals surface area contributed by atoms with Gasteiger partial charge in [0.25, 0.3) is 0 Å². The first kappa shape index (κ1) is 18.1. The van der Waals surface area contributed by atoms with Gasteiger partial charge in [-0.15, -0.1) is 11.3 Å². The first-order valence-electron chi connectivity index (χ1n) is 8.49. The van der Waals surface area contributed by atoms with E-state index in [1.165, 1.54) is 11.6 Å². The number of aryl methyl sites for hydroxylation is 1. The molecule has 1 aromatic heterocycles. The zero-order valence-corrected chi connectivity index (χ0v) is 15.7. The Morgan fingerprint density at radius 1 is 1.15 bits per heavy atom. The van der Waals surface area contributed by atoms with E-state index in [2.05, 4.69) is 27.8 Å². The van der Waals surface area contributed by atoms with Crippen molar-refractivity contribution < 1.29 is 9.59 Å². The molecular formula is C20H21N3O2S. The summed E-state index contributed by atoms with van der Waals surface area (Å²) in [6.07, 6.45) is 0.983. The summed E-state index contributed by atoms with van der Waals surface area (Å²) in [4.78, 5) is 27.6. The Balaban J connectivity index is 1.68. The van der Waals surface area contributed by atoms with Crippen molar-refractivity contribution in [2.45, 2.75) is 26.7 Å². The lowest BCUT2D eigenvalue weighted by atomic mass is 10.1. The minimum Gasteiger partial charge on any atom is -0.356 e. The average molecular weight is 367 g/mol. The number of aromatic nitrogens is 1. The van der Waals surface area contributed by atoms with E-state index in [-0.39, 0.29) is 18.2 Å². The number of anilines is 1. The maximum atomic E-state index is 12.0. The van der Waals surface area contributed by atoms with Crippen LogP contribution in [-0.4, -0.2) is 23.3 Å². The smallest absolute Gasteiger partial charge is 0.226 e. The van der Waals surface area contributed by atoms with Crippen LogP contribution in [-0.2, 0) is 16.0 Å². The van der Waals surface area contributed by atoms with Crippen LogP contribution >= 0.6 is 11.3 Å². The van der Waals surface area contributed by atoms with Crippen LogP contribution in [0.1, 0.15) is 29.5 Å². The molecule has 3 rings (SSSR count). The molecule has 0 atom stereocenters. The topological polar surface area (TPSA) is 71.1 Å². The van der Waals surface area contributed by atoms with Gasteiger partial charge in [-0.3, -0.25) is 9.59 Å². The van der Waals surface area contributed by atoms with E-state index >= 15 is 0 Å². The van der Waals surface area contributed by atoms with Crippen molar-refractivity contribution in [1.29, 1.82) is 0 Å². The molecule has 0 aliphatic rings. The third-order valence-corrected chi connectivity index (χ3v) is 4.88. The molecule has 5 nitrogen and oxygen atoms in total. The third-order valence-electron chi connectivity index (χ3n) is 3.84. The molecule has 0 saturated carbocycles. The van der Waals surface area contributed by atoms with Gasteiger partial charge >= 0.3 is 0 Å². The number of para-hydroxylation sites is 1. The van der Waals surface area contributed by atoms with E-state index in [1.807, 2.05) is 37.3 Å². The molecule has 0 aliphatic heterocycles. The summed E-state index contributed by atoms with van der Waals surface area (Å²) in [6.45, 7) is 3.78. The number of benzene rings is 2. The van der Waals surface area contributed by atoms with Crippen molar-refractivity contribution in [2.24, 2.45) is 0 Å². The summed E-state index contributed by atoms with van der Waals surface area (Å²) in [5, 5.41) is 6.58. The SMILES string of the molecule is CC(=O)NCCC(=O)Nc1cc(C)cc(Cc2nc3ccccc3s2)c1. The van der Waals surface area contributed by atoms with Gasteiger partial charge in [-0.05, 0) is 42.3 Å². The molecule has 2 aromatic carbocycles. The summed E-state index contributed by atoms with van der Waals surface area (Å²) in [5.74, 6) is -0.248. The highest BCUT2D eigenvalue weighted by atomic mass is 32.1. The fourth-order valence-electron chi connectivity index (χ4n) is 2.78. The predicted octanol–water partition coefficient (Wildman–Crippen LogP) is 3.66. The largest absolute Gasteiger partial charge is 0.356 e. The Kier molecular flexibility index (Phi) is 5.63. The van der Waals surface area contributed by atoms with Crippen LogP contribution in [0.15, 0.2) is 42.5 Å². The minimum absolute atomic E-state index is 0.115. The fourth-order valence-corrected chi connectivity index (χ4v) is 3.78. The van der Waals surface area contributed by atoms with E-state index in [9.17, 15) is 9.59 Å². The molecule has 0 saturated heterocycles. The lowest BCUT2D eigenvalue weighted by molar-refractivity contribution is -0.119. The van der Waals surface area contributed by atoms with Crippen molar-refractivity contribution in [3.63, 3.8) is 0 Å². The van der Waals surface area contributed by atoms with Crippen LogP contribution in [0, 0.1) is 6.92 Å². The number of thiazole rings is 1. The molecule has 3 aromatic rings. The van der Waals surface area contributed by atoms with Gasteiger partial charge in [-0.25, -0.2) is 4.98 Å². The van der Waals surface area contributed by atoms with Gasteiger partial charge < -0.3 is 10.6 Å². The Morgan fingerprint density at radius 3 is 2.73 bits per heavy atom. The Labute approximate surface area is 156 Å². The van der Waals surface area contributed by atoms with Gasteiger partial charge in [-0.2, -0.15) is 0 Å². The van der Waals surface area contributed by atoms with Gasteiger partial charge in [0, 0.05) is 32.0 Å². The van der Waals surface area contributed by atoms with Gasteiger partial charge in [0.05, 0.1) is 15.2 Å². The highest BCUT2D eigenvalue weighted by Gasteiger charge is 2.08. The Morgan fingerprint density at radius 2 is 1.96 bits per heavy atom. The first-order chi connectivity index (χ1) is 12.5. The summed E-state index contributed by atoms with van der Waals surface area (Å²) < 4.78 is 1.18. The molecule has 1 heterocycles. The third kappa shape index (κ3) is 4.89. The number of nitrogens with one attached hydrogen (secondary N) is 2. The highest BCUT2D eigenvalue weighted by molar-refractivity contribution is 7.18. The lowest BCUT2D eigenvalue weighted by Gasteiger charge is -2.09. The zero-order valence-electron chi connectivity index (χ0n) is 14.8. The van der Waals surface area contributed by atoms with E-state index < -0.39 is 0 Å². The quantitative estimate of drug-likeness (QED) is 0.698. The van der Waals surface area contributed by atoms with Gasteiger partial charge in [0.2, 0.25) is 11.8 Å². The average Bonchev–Trinajstić information content (AvgIpc) is 2.95. The molecule has 0 fully saturated rings. The van der Waals surface area contributed by atoms with Crippen LogP contribution in [0.2, 0.25) is 0 Å². The summed E-state index contributed by atoms with van der Waals surface area (Å²) >= 11 is 1.69. The van der Waals surface area contributed by atoms with E-state index in [1.54, 1.807) is 11.3 Å². The molecule has 26 heavy (non-hydrogen) atoms. The van der Waals surface area contributed by atoms with Crippen molar-refractivity contribution in [3.05, 3.63) is 58.6 Å². The van der Waals surface area contributed by atoms with Crippen LogP contribution in [0.4, 0.5) is 5.69 Å². The zero-order chi connectivity index (χ0) is 18.5. The molecule has 134 valence electrons. The number of carbonyl (C=O) groups is 2. The molecule has 2 amide bonds. The minimum atomic E-state index is -0.133. The standard InChI is InChI=1S/C20H21N3O2S/c1-13-9-15(12-20-23-17-5-3-4-6-18(17)26-20)11-16(10-13)22-19(25)7-8-21-14(2)24/h3-6,9-11H,7-8,12H2,1-2H3,(H,21,24)(H,22,25). The van der Waals surface area contributed by atoms with Gasteiger partial charge in [0.15, 0.2) is 0 Å². The maximum absolute atomic E-state index is 12.0. The second-order valence-electron chi connectivity index (χ2n) is 6.24. The van der Waals surface area contributed by atoms with Crippen molar-refractivity contribution >= 4 is 39.1 Å². The van der Waals surface area contributed by atoms with Crippen LogP contribution < -0.4 is 10.6 Å². The van der Waals surface area contributed by atoms with Gasteiger partial charge in [0.1, 0.15) is 0 Å². The summed E-state index contributed by atoms with van der Waals surface area (Å²) in [5.41, 5.74) is 3.99. The van der Waals surface area contributed by atoms with Crippen LogP contribution in [0.25, 0.3) is 10.2 Å². The molecular weight excluding hydrogens is 346 g/mol. The second kappa shape index (κ2) is 8.10. The number of fused-ring (bicyclic) bond motifs is 1. The molecule has 0 radical (unpaired) electrons. The normalized spacial score (nSPS) is 10.7. The Hall–Kier alpha value is -2.73. The lowest BCUT2D eigenvalue weighted by Crippen LogP contribution is -2.25. The number of rotatable bonds is 6. The Bertz CT molecular complexity index is 916. The predicted molar refractivity (Wildman–Crippen MR) is 106 cm³/mol. The second-order valence-corrected chi connectivity index (χ2v) is 7.36. The van der Waals surface area contributed by atoms with E-state index in [0.29, 0.717) is 6.54 Å². The molecule has 0 unspecified atom stereocenters. The number of nitrogens with zero attached hydrogens (tertiary/aromatic N) is 1. The molecule has 0 spiro atoms. The van der Waals surface area contributed by atoms with Crippen LogP contribution in [0.5, 0.6) is 0 Å². The molecule has 2 N–H and O–H groups in total. The first-order valence-corrected chi connectivity index (χ1v) is 9.30. The number of hydrogen-bond acceptors (Lipinski definition) is 4. The number of hydrogen-bond donors (Lipinski definition) is 2. The van der Waals surface area contributed by atoms with Gasteiger partial charge in [-0.1, -0.05) is 18.2 Å². The van der Waals surface area contributed by atoms with Crippen molar-refractivity contribution in [3.8, 4) is 0 Å².